The number of carbonyl (C=O) groups is 2. The highest BCUT2D eigenvalue weighted by molar-refractivity contribution is 6.04. The second-order valence-corrected chi connectivity index (χ2v) is 6.58. The highest BCUT2D eigenvalue weighted by atomic mass is 16.4. The van der Waals surface area contributed by atoms with Crippen molar-refractivity contribution in [3.05, 3.63) is 78.4 Å². The summed E-state index contributed by atoms with van der Waals surface area (Å²) in [6.07, 6.45) is -1.17. The topological polar surface area (TPSA) is 99.8 Å². The summed E-state index contributed by atoms with van der Waals surface area (Å²) in [6, 6.07) is 22.2. The molecule has 0 radical (unpaired) electrons. The van der Waals surface area contributed by atoms with Crippen molar-refractivity contribution in [2.45, 2.75) is 6.42 Å². The molecule has 29 heavy (non-hydrogen) atoms. The lowest BCUT2D eigenvalue weighted by atomic mass is 10.0. The SMILES string of the molecule is O=C(O)Cc1ccc(-c2ccc(-c3oc4ccccc4c3NC(=O)O)cc2)cc1. The molecule has 0 aliphatic carbocycles. The van der Waals surface area contributed by atoms with Gasteiger partial charge in [-0.15, -0.1) is 0 Å². The highest BCUT2D eigenvalue weighted by Crippen LogP contribution is 2.38. The number of fused-ring (bicyclic) bond motifs is 1. The van der Waals surface area contributed by atoms with Gasteiger partial charge in [-0.05, 0) is 28.8 Å². The number of anilines is 1. The zero-order valence-corrected chi connectivity index (χ0v) is 15.3. The predicted octanol–water partition coefficient (Wildman–Crippen LogP) is 5.48. The molecule has 4 aromatic rings. The molecule has 0 unspecified atom stereocenters. The Morgan fingerprint density at radius 1 is 0.793 bits per heavy atom. The quantitative estimate of drug-likeness (QED) is 0.421. The van der Waals surface area contributed by atoms with Crippen molar-refractivity contribution in [2.24, 2.45) is 0 Å². The van der Waals surface area contributed by atoms with Gasteiger partial charge in [-0.25, -0.2) is 4.79 Å². The number of aliphatic carboxylic acids is 1. The Bertz CT molecular complexity index is 1190. The van der Waals surface area contributed by atoms with Crippen molar-refractivity contribution >= 4 is 28.7 Å². The number of hydrogen-bond acceptors (Lipinski definition) is 3. The molecule has 6 nitrogen and oxygen atoms in total. The predicted molar refractivity (Wildman–Crippen MR) is 110 cm³/mol. The van der Waals surface area contributed by atoms with Gasteiger partial charge in [0.25, 0.3) is 0 Å². The van der Waals surface area contributed by atoms with E-state index in [1.807, 2.05) is 48.5 Å². The van der Waals surface area contributed by atoms with Crippen molar-refractivity contribution in [1.82, 2.24) is 0 Å². The molecule has 144 valence electrons. The lowest BCUT2D eigenvalue weighted by Gasteiger charge is -2.06. The van der Waals surface area contributed by atoms with E-state index in [0.717, 1.165) is 22.3 Å². The van der Waals surface area contributed by atoms with Gasteiger partial charge in [-0.2, -0.15) is 0 Å². The number of rotatable bonds is 5. The van der Waals surface area contributed by atoms with Gasteiger partial charge in [0, 0.05) is 10.9 Å². The Balaban J connectivity index is 1.68. The van der Waals surface area contributed by atoms with Gasteiger partial charge in [0.2, 0.25) is 0 Å². The van der Waals surface area contributed by atoms with E-state index in [9.17, 15) is 14.7 Å². The maximum Gasteiger partial charge on any atom is 0.409 e. The van der Waals surface area contributed by atoms with Gasteiger partial charge in [0.1, 0.15) is 5.58 Å². The minimum absolute atomic E-state index is 0.00930. The van der Waals surface area contributed by atoms with Crippen LogP contribution in [0.5, 0.6) is 0 Å². The number of hydrogen-bond donors (Lipinski definition) is 3. The Morgan fingerprint density at radius 2 is 1.38 bits per heavy atom. The standard InChI is InChI=1S/C23H17NO5/c25-20(26)13-14-5-7-15(8-6-14)16-9-11-17(12-10-16)22-21(24-23(27)28)18-3-1-2-4-19(18)29-22/h1-12,24H,13H2,(H,25,26)(H,27,28). The van der Waals surface area contributed by atoms with Crippen LogP contribution in [0.2, 0.25) is 0 Å². The summed E-state index contributed by atoms with van der Waals surface area (Å²) in [4.78, 5) is 22.0. The van der Waals surface area contributed by atoms with Crippen LogP contribution in [0.4, 0.5) is 10.5 Å². The fourth-order valence-electron chi connectivity index (χ4n) is 3.28. The van der Waals surface area contributed by atoms with Crippen LogP contribution in [-0.4, -0.2) is 22.3 Å². The average Bonchev–Trinajstić information content (AvgIpc) is 3.06. The van der Waals surface area contributed by atoms with E-state index in [-0.39, 0.29) is 6.42 Å². The molecule has 1 amide bonds. The Labute approximate surface area is 166 Å². The van der Waals surface area contributed by atoms with Crippen molar-refractivity contribution in [2.75, 3.05) is 5.32 Å². The monoisotopic (exact) mass is 387 g/mol. The van der Waals surface area contributed by atoms with Crippen LogP contribution in [0.15, 0.2) is 77.2 Å². The second-order valence-electron chi connectivity index (χ2n) is 6.58. The number of para-hydroxylation sites is 1. The Morgan fingerprint density at radius 3 is 2.00 bits per heavy atom. The fraction of sp³-hybridized carbons (Fsp3) is 0.0435. The van der Waals surface area contributed by atoms with Gasteiger partial charge in [-0.1, -0.05) is 60.7 Å². The van der Waals surface area contributed by atoms with Crippen molar-refractivity contribution in [3.8, 4) is 22.5 Å². The first-order chi connectivity index (χ1) is 14.0. The Kier molecular flexibility index (Phi) is 4.75. The van der Waals surface area contributed by atoms with E-state index >= 15 is 0 Å². The zero-order valence-electron chi connectivity index (χ0n) is 15.3. The van der Waals surface area contributed by atoms with E-state index in [4.69, 9.17) is 9.52 Å². The first-order valence-electron chi connectivity index (χ1n) is 8.94. The van der Waals surface area contributed by atoms with Crippen LogP contribution in [0, 0.1) is 0 Å². The summed E-state index contributed by atoms with van der Waals surface area (Å²) in [7, 11) is 0. The Hall–Kier alpha value is -4.06. The van der Waals surface area contributed by atoms with Crippen LogP contribution in [0.25, 0.3) is 33.4 Å². The molecular weight excluding hydrogens is 370 g/mol. The van der Waals surface area contributed by atoms with E-state index < -0.39 is 12.1 Å². The summed E-state index contributed by atoms with van der Waals surface area (Å²) in [5.41, 5.74) is 4.42. The van der Waals surface area contributed by atoms with Crippen LogP contribution in [0.1, 0.15) is 5.56 Å². The molecule has 0 fully saturated rings. The van der Waals surface area contributed by atoms with Gasteiger partial charge < -0.3 is 14.6 Å². The highest BCUT2D eigenvalue weighted by Gasteiger charge is 2.17. The van der Waals surface area contributed by atoms with Crippen molar-refractivity contribution < 1.29 is 24.2 Å². The van der Waals surface area contributed by atoms with E-state index in [2.05, 4.69) is 5.32 Å². The molecule has 3 N–H and O–H groups in total. The fourth-order valence-corrected chi connectivity index (χ4v) is 3.28. The molecule has 0 saturated heterocycles. The van der Waals surface area contributed by atoms with E-state index in [0.29, 0.717) is 22.4 Å². The lowest BCUT2D eigenvalue weighted by Crippen LogP contribution is -2.07. The summed E-state index contributed by atoms with van der Waals surface area (Å²) in [5.74, 6) is -0.407. The van der Waals surface area contributed by atoms with E-state index in [1.54, 1.807) is 24.3 Å². The molecule has 1 heterocycles. The normalized spacial score (nSPS) is 10.8. The molecule has 1 aromatic heterocycles. The minimum atomic E-state index is -1.16. The van der Waals surface area contributed by atoms with Gasteiger partial charge in [0.05, 0.1) is 12.1 Å². The molecule has 4 rings (SSSR count). The number of furan rings is 1. The van der Waals surface area contributed by atoms with Gasteiger partial charge in [0.15, 0.2) is 5.76 Å². The zero-order chi connectivity index (χ0) is 20.4. The number of nitrogens with one attached hydrogen (secondary N) is 1. The molecular formula is C23H17NO5. The van der Waals surface area contributed by atoms with Crippen molar-refractivity contribution in [3.63, 3.8) is 0 Å². The van der Waals surface area contributed by atoms with Gasteiger partial charge >= 0.3 is 12.1 Å². The van der Waals surface area contributed by atoms with E-state index in [1.165, 1.54) is 0 Å². The van der Waals surface area contributed by atoms with Crippen LogP contribution in [-0.2, 0) is 11.2 Å². The molecule has 3 aromatic carbocycles. The van der Waals surface area contributed by atoms with Gasteiger partial charge in [-0.3, -0.25) is 10.1 Å². The third kappa shape index (κ3) is 3.82. The third-order valence-corrected chi connectivity index (χ3v) is 4.62. The summed E-state index contributed by atoms with van der Waals surface area (Å²) in [6.45, 7) is 0. The summed E-state index contributed by atoms with van der Waals surface area (Å²) >= 11 is 0. The van der Waals surface area contributed by atoms with Crippen LogP contribution >= 0.6 is 0 Å². The molecule has 0 atom stereocenters. The largest absolute Gasteiger partial charge is 0.481 e. The third-order valence-electron chi connectivity index (χ3n) is 4.62. The number of amides is 1. The molecule has 6 heteroatoms. The first kappa shape index (κ1) is 18.3. The summed E-state index contributed by atoms with van der Waals surface area (Å²) < 4.78 is 5.90. The molecule has 0 bridgehead atoms. The number of carboxylic acids is 1. The molecule has 0 saturated carbocycles. The maximum atomic E-state index is 11.2. The maximum absolute atomic E-state index is 11.2. The first-order valence-corrected chi connectivity index (χ1v) is 8.94. The molecule has 0 aliphatic rings. The van der Waals surface area contributed by atoms with Crippen LogP contribution < -0.4 is 5.32 Å². The summed E-state index contributed by atoms with van der Waals surface area (Å²) in [5, 5.41) is 21.2. The number of carboxylic acid groups (broad SMARTS) is 2. The lowest BCUT2D eigenvalue weighted by molar-refractivity contribution is -0.136. The van der Waals surface area contributed by atoms with Crippen molar-refractivity contribution in [1.29, 1.82) is 0 Å². The average molecular weight is 387 g/mol. The van der Waals surface area contributed by atoms with Crippen LogP contribution in [0.3, 0.4) is 0 Å². The second kappa shape index (κ2) is 7.52. The molecule has 0 aliphatic heterocycles. The molecule has 0 spiro atoms. The minimum Gasteiger partial charge on any atom is -0.481 e. The number of benzene rings is 3. The smallest absolute Gasteiger partial charge is 0.409 e.